The Morgan fingerprint density at radius 2 is 1.82 bits per heavy atom. The first-order valence-electron chi connectivity index (χ1n) is 7.51. The number of Topliss-reactive ketones (excluding diaryl/α,β-unsaturated/α-hetero) is 1. The minimum atomic E-state index is -0.315. The topological polar surface area (TPSA) is 40.6 Å². The molecule has 1 amide bonds. The predicted octanol–water partition coefficient (Wildman–Crippen LogP) is 2.63. The van der Waals surface area contributed by atoms with Gasteiger partial charge in [0.2, 0.25) is 5.91 Å². The van der Waals surface area contributed by atoms with Crippen molar-refractivity contribution in [2.45, 2.75) is 31.6 Å². The van der Waals surface area contributed by atoms with Crippen LogP contribution in [0.25, 0.3) is 0 Å². The van der Waals surface area contributed by atoms with Gasteiger partial charge >= 0.3 is 0 Å². The number of ketones is 1. The summed E-state index contributed by atoms with van der Waals surface area (Å²) in [5.74, 6) is -0.486. The Labute approximate surface area is 129 Å². The number of rotatable bonds is 2. The standard InChI is InChI=1S/C17H19FN2O2/c1-19(2)20-14-4-3-5-15(21)17(14)13(10-16(20)22)11-6-8-12(18)9-7-11/h6-9,13H,3-5,10H2,1-2H3. The van der Waals surface area contributed by atoms with Crippen LogP contribution in [-0.4, -0.2) is 35.8 Å². The van der Waals surface area contributed by atoms with Crippen LogP contribution in [0.1, 0.15) is 37.2 Å². The van der Waals surface area contributed by atoms with E-state index in [2.05, 4.69) is 0 Å². The van der Waals surface area contributed by atoms with Crippen LogP contribution < -0.4 is 0 Å². The van der Waals surface area contributed by atoms with Crippen LogP contribution in [0.5, 0.6) is 0 Å². The van der Waals surface area contributed by atoms with Gasteiger partial charge < -0.3 is 0 Å². The summed E-state index contributed by atoms with van der Waals surface area (Å²) in [5.41, 5.74) is 2.37. The molecule has 1 atom stereocenters. The van der Waals surface area contributed by atoms with E-state index in [1.165, 1.54) is 12.1 Å². The molecule has 5 heteroatoms. The second-order valence-corrected chi connectivity index (χ2v) is 6.00. The van der Waals surface area contributed by atoms with Gasteiger partial charge in [-0.2, -0.15) is 0 Å². The maximum atomic E-state index is 13.1. The smallest absolute Gasteiger partial charge is 0.242 e. The maximum Gasteiger partial charge on any atom is 0.242 e. The predicted molar refractivity (Wildman–Crippen MR) is 80.2 cm³/mol. The molecule has 3 rings (SSSR count). The first-order valence-corrected chi connectivity index (χ1v) is 7.51. The fraction of sp³-hybridized carbons (Fsp3) is 0.412. The molecule has 4 nitrogen and oxygen atoms in total. The lowest BCUT2D eigenvalue weighted by molar-refractivity contribution is -0.143. The molecule has 0 fully saturated rings. The van der Waals surface area contributed by atoms with Crippen molar-refractivity contribution >= 4 is 11.7 Å². The van der Waals surface area contributed by atoms with E-state index in [1.54, 1.807) is 36.2 Å². The third kappa shape index (κ3) is 2.46. The number of carbonyl (C=O) groups is 2. The molecule has 0 bridgehead atoms. The van der Waals surface area contributed by atoms with Crippen molar-refractivity contribution in [2.24, 2.45) is 0 Å². The lowest BCUT2D eigenvalue weighted by Crippen LogP contribution is -2.47. The number of allylic oxidation sites excluding steroid dienone is 2. The third-order valence-electron chi connectivity index (χ3n) is 4.32. The third-order valence-corrected chi connectivity index (χ3v) is 4.32. The molecule has 1 aromatic rings. The van der Waals surface area contributed by atoms with Crippen molar-refractivity contribution in [1.82, 2.24) is 10.0 Å². The lowest BCUT2D eigenvalue weighted by Gasteiger charge is -2.41. The largest absolute Gasteiger partial charge is 0.294 e. The van der Waals surface area contributed by atoms with Gasteiger partial charge in [-0.25, -0.2) is 14.4 Å². The van der Waals surface area contributed by atoms with Gasteiger partial charge in [0.05, 0.1) is 0 Å². The lowest BCUT2D eigenvalue weighted by atomic mass is 9.77. The Hall–Kier alpha value is -2.01. The molecular weight excluding hydrogens is 283 g/mol. The van der Waals surface area contributed by atoms with E-state index in [4.69, 9.17) is 0 Å². The van der Waals surface area contributed by atoms with Crippen molar-refractivity contribution in [3.05, 3.63) is 46.9 Å². The summed E-state index contributed by atoms with van der Waals surface area (Å²) in [6.45, 7) is 0. The summed E-state index contributed by atoms with van der Waals surface area (Å²) in [6.07, 6.45) is 2.26. The Kier molecular flexibility index (Phi) is 3.83. The highest BCUT2D eigenvalue weighted by molar-refractivity contribution is 6.01. The monoisotopic (exact) mass is 302 g/mol. The number of carbonyl (C=O) groups excluding carboxylic acids is 2. The average Bonchev–Trinajstić information content (AvgIpc) is 2.46. The zero-order valence-corrected chi connectivity index (χ0v) is 12.8. The Morgan fingerprint density at radius 1 is 1.14 bits per heavy atom. The second kappa shape index (κ2) is 5.65. The molecular formula is C17H19FN2O2. The van der Waals surface area contributed by atoms with Crippen LogP contribution in [0, 0.1) is 5.82 Å². The van der Waals surface area contributed by atoms with Crippen molar-refractivity contribution in [1.29, 1.82) is 0 Å². The van der Waals surface area contributed by atoms with Crippen LogP contribution in [0.4, 0.5) is 4.39 Å². The molecule has 1 aliphatic heterocycles. The van der Waals surface area contributed by atoms with Crippen molar-refractivity contribution in [2.75, 3.05) is 14.1 Å². The highest BCUT2D eigenvalue weighted by Gasteiger charge is 2.39. The molecule has 0 saturated heterocycles. The molecule has 0 radical (unpaired) electrons. The molecule has 0 saturated carbocycles. The SMILES string of the molecule is CN(C)N1C(=O)CC(c2ccc(F)cc2)C2=C1CCCC2=O. The summed E-state index contributed by atoms with van der Waals surface area (Å²) in [6, 6.07) is 6.10. The fourth-order valence-electron chi connectivity index (χ4n) is 3.42. The molecule has 116 valence electrons. The van der Waals surface area contributed by atoms with E-state index in [0.29, 0.717) is 6.42 Å². The van der Waals surface area contributed by atoms with Gasteiger partial charge in [-0.15, -0.1) is 0 Å². The maximum absolute atomic E-state index is 13.1. The summed E-state index contributed by atoms with van der Waals surface area (Å²) >= 11 is 0. The van der Waals surface area contributed by atoms with Crippen LogP contribution in [0.2, 0.25) is 0 Å². The number of hydrazine groups is 1. The molecule has 1 aromatic carbocycles. The minimum absolute atomic E-state index is 0.0206. The molecule has 1 heterocycles. The van der Waals surface area contributed by atoms with Crippen LogP contribution in [-0.2, 0) is 9.59 Å². The van der Waals surface area contributed by atoms with Crippen molar-refractivity contribution in [3.63, 3.8) is 0 Å². The summed E-state index contributed by atoms with van der Waals surface area (Å²) in [7, 11) is 3.61. The number of halogens is 1. The van der Waals surface area contributed by atoms with Gasteiger partial charge in [0, 0.05) is 44.1 Å². The van der Waals surface area contributed by atoms with E-state index in [1.807, 2.05) is 0 Å². The van der Waals surface area contributed by atoms with Gasteiger partial charge in [-0.3, -0.25) is 9.59 Å². The van der Waals surface area contributed by atoms with E-state index >= 15 is 0 Å². The highest BCUT2D eigenvalue weighted by Crippen LogP contribution is 2.41. The van der Waals surface area contributed by atoms with Gasteiger partial charge in [-0.1, -0.05) is 12.1 Å². The first kappa shape index (κ1) is 14.9. The summed E-state index contributed by atoms with van der Waals surface area (Å²) in [4.78, 5) is 25.0. The Bertz CT molecular complexity index is 649. The zero-order chi connectivity index (χ0) is 15.9. The highest BCUT2D eigenvalue weighted by atomic mass is 19.1. The quantitative estimate of drug-likeness (QED) is 0.843. The van der Waals surface area contributed by atoms with E-state index in [9.17, 15) is 14.0 Å². The number of hydrogen-bond donors (Lipinski definition) is 0. The number of nitrogens with zero attached hydrogens (tertiary/aromatic N) is 2. The number of benzene rings is 1. The van der Waals surface area contributed by atoms with E-state index < -0.39 is 0 Å². The number of amides is 1. The van der Waals surface area contributed by atoms with Crippen LogP contribution in [0.3, 0.4) is 0 Å². The summed E-state index contributed by atoms with van der Waals surface area (Å²) in [5, 5.41) is 3.35. The van der Waals surface area contributed by atoms with Crippen LogP contribution in [0.15, 0.2) is 35.5 Å². The van der Waals surface area contributed by atoms with E-state index in [-0.39, 0.29) is 29.8 Å². The second-order valence-electron chi connectivity index (χ2n) is 6.00. The Morgan fingerprint density at radius 3 is 2.45 bits per heavy atom. The molecule has 0 aromatic heterocycles. The van der Waals surface area contributed by atoms with Crippen LogP contribution >= 0.6 is 0 Å². The molecule has 0 N–H and O–H groups in total. The fourth-order valence-corrected chi connectivity index (χ4v) is 3.42. The van der Waals surface area contributed by atoms with Gasteiger partial charge in [0.15, 0.2) is 5.78 Å². The van der Waals surface area contributed by atoms with Crippen molar-refractivity contribution in [3.8, 4) is 0 Å². The van der Waals surface area contributed by atoms with Crippen molar-refractivity contribution < 1.29 is 14.0 Å². The first-order chi connectivity index (χ1) is 10.5. The molecule has 0 spiro atoms. The van der Waals surface area contributed by atoms with E-state index in [0.717, 1.165) is 29.7 Å². The minimum Gasteiger partial charge on any atom is -0.294 e. The molecule has 1 unspecified atom stereocenters. The zero-order valence-electron chi connectivity index (χ0n) is 12.8. The summed E-state index contributed by atoms with van der Waals surface area (Å²) < 4.78 is 13.1. The average molecular weight is 302 g/mol. The normalized spacial score (nSPS) is 22.4. The Balaban J connectivity index is 2.11. The number of hydrogen-bond acceptors (Lipinski definition) is 3. The van der Waals surface area contributed by atoms with Gasteiger partial charge in [-0.05, 0) is 30.5 Å². The molecule has 22 heavy (non-hydrogen) atoms. The molecule has 2 aliphatic rings. The van der Waals surface area contributed by atoms with Gasteiger partial charge in [0.1, 0.15) is 5.82 Å². The van der Waals surface area contributed by atoms with Gasteiger partial charge in [0.25, 0.3) is 0 Å². The molecule has 1 aliphatic carbocycles.